The standard InChI is InChI=1S/C9H11NO4/c10-7(9(13)14)4-5-3-6(11)1-2-8(5)12/h1-3,7,11-12H,4,10H2,(H,13,14). The van der Waals surface area contributed by atoms with Gasteiger partial charge in [0.05, 0.1) is 0 Å². The third-order valence-electron chi connectivity index (χ3n) is 1.82. The lowest BCUT2D eigenvalue weighted by Gasteiger charge is -2.08. The molecule has 0 aliphatic heterocycles. The highest BCUT2D eigenvalue weighted by Crippen LogP contribution is 2.22. The van der Waals surface area contributed by atoms with E-state index >= 15 is 0 Å². The van der Waals surface area contributed by atoms with Crippen LogP contribution in [0.15, 0.2) is 18.2 Å². The van der Waals surface area contributed by atoms with Gasteiger partial charge in [-0.15, -0.1) is 0 Å². The maximum Gasteiger partial charge on any atom is 0.320 e. The number of aromatic hydroxyl groups is 2. The van der Waals surface area contributed by atoms with Crippen molar-refractivity contribution in [2.24, 2.45) is 5.73 Å². The van der Waals surface area contributed by atoms with Crippen LogP contribution in [-0.4, -0.2) is 27.3 Å². The predicted molar refractivity (Wildman–Crippen MR) is 49.1 cm³/mol. The fourth-order valence-corrected chi connectivity index (χ4v) is 1.06. The van der Waals surface area contributed by atoms with Gasteiger partial charge in [0.2, 0.25) is 0 Å². The Morgan fingerprint density at radius 1 is 1.43 bits per heavy atom. The van der Waals surface area contributed by atoms with E-state index in [9.17, 15) is 9.90 Å². The van der Waals surface area contributed by atoms with E-state index in [1.54, 1.807) is 0 Å². The number of hydrogen-bond acceptors (Lipinski definition) is 4. The molecule has 1 unspecified atom stereocenters. The summed E-state index contributed by atoms with van der Waals surface area (Å²) in [5.41, 5.74) is 5.59. The van der Waals surface area contributed by atoms with E-state index in [4.69, 9.17) is 15.9 Å². The molecule has 5 N–H and O–H groups in total. The molecule has 0 spiro atoms. The van der Waals surface area contributed by atoms with Crippen LogP contribution in [0.5, 0.6) is 11.5 Å². The van der Waals surface area contributed by atoms with Crippen LogP contribution in [-0.2, 0) is 11.2 Å². The Balaban J connectivity index is 2.85. The number of phenols is 2. The number of carbonyl (C=O) groups is 1. The van der Waals surface area contributed by atoms with Crippen molar-refractivity contribution in [3.05, 3.63) is 23.8 Å². The number of aliphatic carboxylic acids is 1. The van der Waals surface area contributed by atoms with E-state index in [2.05, 4.69) is 0 Å². The van der Waals surface area contributed by atoms with Crippen molar-refractivity contribution < 1.29 is 20.1 Å². The van der Waals surface area contributed by atoms with Crippen LogP contribution >= 0.6 is 0 Å². The summed E-state index contributed by atoms with van der Waals surface area (Å²) in [4.78, 5) is 10.4. The molecule has 0 aromatic heterocycles. The van der Waals surface area contributed by atoms with E-state index in [0.717, 1.165) is 0 Å². The topological polar surface area (TPSA) is 104 Å². The third-order valence-corrected chi connectivity index (χ3v) is 1.82. The molecule has 0 fully saturated rings. The molecular weight excluding hydrogens is 186 g/mol. The second-order valence-electron chi connectivity index (χ2n) is 2.96. The smallest absolute Gasteiger partial charge is 0.320 e. The van der Waals surface area contributed by atoms with Crippen molar-refractivity contribution in [3.63, 3.8) is 0 Å². The summed E-state index contributed by atoms with van der Waals surface area (Å²) in [5.74, 6) is -1.25. The molecule has 1 aromatic rings. The molecule has 0 aliphatic carbocycles. The highest BCUT2D eigenvalue weighted by molar-refractivity contribution is 5.73. The first kappa shape index (κ1) is 10.3. The van der Waals surface area contributed by atoms with Crippen molar-refractivity contribution in [1.29, 1.82) is 0 Å². The Labute approximate surface area is 80.4 Å². The molecule has 0 bridgehead atoms. The van der Waals surface area contributed by atoms with Gasteiger partial charge in [-0.25, -0.2) is 0 Å². The second-order valence-corrected chi connectivity index (χ2v) is 2.96. The van der Waals surface area contributed by atoms with Gasteiger partial charge in [-0.1, -0.05) is 0 Å². The molecule has 0 aliphatic rings. The van der Waals surface area contributed by atoms with Crippen molar-refractivity contribution in [2.45, 2.75) is 12.5 Å². The average Bonchev–Trinajstić information content (AvgIpc) is 2.11. The average molecular weight is 197 g/mol. The summed E-state index contributed by atoms with van der Waals surface area (Å²) < 4.78 is 0. The summed E-state index contributed by atoms with van der Waals surface area (Å²) in [6.07, 6.45) is -0.0183. The SMILES string of the molecule is NC(Cc1cc(O)ccc1O)C(=O)O. The molecule has 0 saturated heterocycles. The Hall–Kier alpha value is -1.75. The summed E-state index contributed by atoms with van der Waals surface area (Å²) in [5, 5.41) is 26.9. The molecular formula is C9H11NO4. The lowest BCUT2D eigenvalue weighted by molar-refractivity contribution is -0.138. The van der Waals surface area contributed by atoms with E-state index in [0.29, 0.717) is 5.56 Å². The monoisotopic (exact) mass is 197 g/mol. The molecule has 1 rings (SSSR count). The first-order valence-electron chi connectivity index (χ1n) is 4.00. The van der Waals surface area contributed by atoms with Gasteiger partial charge in [-0.3, -0.25) is 4.79 Å². The lowest BCUT2D eigenvalue weighted by Crippen LogP contribution is -2.32. The highest BCUT2D eigenvalue weighted by Gasteiger charge is 2.14. The predicted octanol–water partition coefficient (Wildman–Crippen LogP) is 0.0522. The second kappa shape index (κ2) is 3.97. The fourth-order valence-electron chi connectivity index (χ4n) is 1.06. The number of rotatable bonds is 3. The largest absolute Gasteiger partial charge is 0.508 e. The first-order chi connectivity index (χ1) is 6.50. The summed E-state index contributed by atoms with van der Waals surface area (Å²) in [7, 11) is 0. The van der Waals surface area contributed by atoms with Gasteiger partial charge in [0, 0.05) is 6.42 Å². The van der Waals surface area contributed by atoms with Gasteiger partial charge in [0.25, 0.3) is 0 Å². The molecule has 0 heterocycles. The van der Waals surface area contributed by atoms with E-state index in [1.807, 2.05) is 0 Å². The van der Waals surface area contributed by atoms with Gasteiger partial charge in [0.1, 0.15) is 17.5 Å². The zero-order chi connectivity index (χ0) is 10.7. The van der Waals surface area contributed by atoms with Crippen molar-refractivity contribution in [1.82, 2.24) is 0 Å². The van der Waals surface area contributed by atoms with Gasteiger partial charge >= 0.3 is 5.97 Å². The van der Waals surface area contributed by atoms with E-state index < -0.39 is 12.0 Å². The lowest BCUT2D eigenvalue weighted by atomic mass is 10.1. The molecule has 5 nitrogen and oxygen atoms in total. The molecule has 1 atom stereocenters. The van der Waals surface area contributed by atoms with Crippen LogP contribution in [0, 0.1) is 0 Å². The van der Waals surface area contributed by atoms with Crippen molar-refractivity contribution >= 4 is 5.97 Å². The quantitative estimate of drug-likeness (QED) is 0.513. The molecule has 0 saturated carbocycles. The number of benzene rings is 1. The van der Waals surface area contributed by atoms with Gasteiger partial charge < -0.3 is 21.1 Å². The number of phenolic OH excluding ortho intramolecular Hbond substituents is 2. The third kappa shape index (κ3) is 2.37. The normalized spacial score (nSPS) is 12.4. The zero-order valence-electron chi connectivity index (χ0n) is 7.34. The molecule has 14 heavy (non-hydrogen) atoms. The summed E-state index contributed by atoms with van der Waals surface area (Å²) in [6.45, 7) is 0. The zero-order valence-corrected chi connectivity index (χ0v) is 7.34. The van der Waals surface area contributed by atoms with Crippen LogP contribution < -0.4 is 5.73 Å². The van der Waals surface area contributed by atoms with Crippen LogP contribution in [0.1, 0.15) is 5.56 Å². The minimum Gasteiger partial charge on any atom is -0.508 e. The maximum absolute atomic E-state index is 10.4. The Kier molecular flexibility index (Phi) is 2.93. The Bertz CT molecular complexity index is 351. The van der Waals surface area contributed by atoms with Crippen LogP contribution in [0.2, 0.25) is 0 Å². The molecule has 76 valence electrons. The van der Waals surface area contributed by atoms with E-state index in [1.165, 1.54) is 18.2 Å². The molecule has 5 heteroatoms. The number of carboxylic acids is 1. The first-order valence-corrected chi connectivity index (χ1v) is 4.00. The minimum absolute atomic E-state index is 0.0183. The van der Waals surface area contributed by atoms with Crippen LogP contribution in [0.25, 0.3) is 0 Å². The minimum atomic E-state index is -1.15. The summed E-state index contributed by atoms with van der Waals surface area (Å²) in [6, 6.07) is 2.81. The molecule has 1 aromatic carbocycles. The number of hydrogen-bond donors (Lipinski definition) is 4. The number of nitrogens with two attached hydrogens (primary N) is 1. The Morgan fingerprint density at radius 2 is 2.07 bits per heavy atom. The molecule has 0 radical (unpaired) electrons. The molecule has 0 amide bonds. The number of carboxylic acid groups (broad SMARTS) is 1. The van der Waals surface area contributed by atoms with Crippen molar-refractivity contribution in [3.8, 4) is 11.5 Å². The van der Waals surface area contributed by atoms with Crippen LogP contribution in [0.4, 0.5) is 0 Å². The Morgan fingerprint density at radius 3 is 2.64 bits per heavy atom. The van der Waals surface area contributed by atoms with Crippen LogP contribution in [0.3, 0.4) is 0 Å². The fraction of sp³-hybridized carbons (Fsp3) is 0.222. The van der Waals surface area contributed by atoms with Crippen molar-refractivity contribution in [2.75, 3.05) is 0 Å². The highest BCUT2D eigenvalue weighted by atomic mass is 16.4. The van der Waals surface area contributed by atoms with Gasteiger partial charge in [-0.05, 0) is 23.8 Å². The van der Waals surface area contributed by atoms with Gasteiger partial charge in [0.15, 0.2) is 0 Å². The summed E-state index contributed by atoms with van der Waals surface area (Å²) >= 11 is 0. The van der Waals surface area contributed by atoms with E-state index in [-0.39, 0.29) is 17.9 Å². The van der Waals surface area contributed by atoms with Gasteiger partial charge in [-0.2, -0.15) is 0 Å². The maximum atomic E-state index is 10.4.